The highest BCUT2D eigenvalue weighted by atomic mass is 16.5. The predicted molar refractivity (Wildman–Crippen MR) is 76.1 cm³/mol. The fourth-order valence-corrected chi connectivity index (χ4v) is 3.23. The van der Waals surface area contributed by atoms with Crippen LogP contribution in [-0.2, 0) is 9.53 Å². The summed E-state index contributed by atoms with van der Waals surface area (Å²) in [5.74, 6) is 0.173. The highest BCUT2D eigenvalue weighted by Gasteiger charge is 2.37. The van der Waals surface area contributed by atoms with Gasteiger partial charge in [0.15, 0.2) is 0 Å². The van der Waals surface area contributed by atoms with Gasteiger partial charge in [0, 0.05) is 31.2 Å². The van der Waals surface area contributed by atoms with Crippen molar-refractivity contribution >= 4 is 5.91 Å². The zero-order valence-corrected chi connectivity index (χ0v) is 13.0. The second kappa shape index (κ2) is 5.41. The van der Waals surface area contributed by atoms with E-state index in [2.05, 4.69) is 37.5 Å². The van der Waals surface area contributed by atoms with Gasteiger partial charge in [-0.15, -0.1) is 0 Å². The maximum absolute atomic E-state index is 12.2. The van der Waals surface area contributed by atoms with Crippen LogP contribution in [0.25, 0.3) is 0 Å². The number of carbonyl (C=O) groups excluding carboxylic acids is 1. The first-order chi connectivity index (χ1) is 8.79. The molecule has 110 valence electrons. The van der Waals surface area contributed by atoms with Crippen LogP contribution in [0.1, 0.15) is 47.5 Å². The van der Waals surface area contributed by atoms with Gasteiger partial charge in [-0.2, -0.15) is 0 Å². The predicted octanol–water partition coefficient (Wildman–Crippen LogP) is 1.89. The van der Waals surface area contributed by atoms with E-state index < -0.39 is 0 Å². The van der Waals surface area contributed by atoms with Gasteiger partial charge in [0.25, 0.3) is 5.91 Å². The third-order valence-electron chi connectivity index (χ3n) is 4.38. The minimum atomic E-state index is -0.274. The molecule has 4 nitrogen and oxygen atoms in total. The van der Waals surface area contributed by atoms with Gasteiger partial charge in [0.05, 0.1) is 6.10 Å². The van der Waals surface area contributed by atoms with Crippen LogP contribution in [0.15, 0.2) is 0 Å². The number of rotatable bonds is 1. The zero-order valence-electron chi connectivity index (χ0n) is 13.0. The molecule has 2 rings (SSSR count). The van der Waals surface area contributed by atoms with Gasteiger partial charge in [-0.05, 0) is 47.5 Å². The molecule has 2 aliphatic rings. The van der Waals surface area contributed by atoms with Crippen molar-refractivity contribution in [3.05, 3.63) is 0 Å². The van der Waals surface area contributed by atoms with Crippen molar-refractivity contribution in [3.8, 4) is 0 Å². The van der Waals surface area contributed by atoms with Crippen LogP contribution in [0.2, 0.25) is 0 Å². The highest BCUT2D eigenvalue weighted by Crippen LogP contribution is 2.25. The van der Waals surface area contributed by atoms with Gasteiger partial charge >= 0.3 is 0 Å². The van der Waals surface area contributed by atoms with E-state index in [9.17, 15) is 4.79 Å². The Hall–Kier alpha value is -0.610. The van der Waals surface area contributed by atoms with Gasteiger partial charge in [-0.1, -0.05) is 0 Å². The molecule has 2 aliphatic heterocycles. The van der Waals surface area contributed by atoms with Crippen molar-refractivity contribution < 1.29 is 9.53 Å². The minimum absolute atomic E-state index is 0.161. The number of carbonyl (C=O) groups is 1. The minimum Gasteiger partial charge on any atom is -0.364 e. The molecular weight excluding hydrogens is 240 g/mol. The van der Waals surface area contributed by atoms with Gasteiger partial charge in [-0.3, -0.25) is 9.69 Å². The second-order valence-electron chi connectivity index (χ2n) is 6.97. The summed E-state index contributed by atoms with van der Waals surface area (Å²) in [7, 11) is 0. The Morgan fingerprint density at radius 3 is 2.26 bits per heavy atom. The lowest BCUT2D eigenvalue weighted by Crippen LogP contribution is -2.58. The molecule has 2 heterocycles. The highest BCUT2D eigenvalue weighted by molar-refractivity contribution is 5.81. The molecule has 0 aliphatic carbocycles. The lowest BCUT2D eigenvalue weighted by atomic mass is 9.96. The van der Waals surface area contributed by atoms with Crippen molar-refractivity contribution in [1.29, 1.82) is 0 Å². The molecule has 1 amide bonds. The van der Waals surface area contributed by atoms with Crippen LogP contribution in [-0.4, -0.2) is 59.1 Å². The first kappa shape index (κ1) is 14.8. The van der Waals surface area contributed by atoms with Crippen molar-refractivity contribution in [1.82, 2.24) is 9.80 Å². The molecule has 0 spiro atoms. The summed E-state index contributed by atoms with van der Waals surface area (Å²) in [5.41, 5.74) is 0.237. The van der Waals surface area contributed by atoms with E-state index in [-0.39, 0.29) is 23.7 Å². The number of hydrogen-bond donors (Lipinski definition) is 0. The molecule has 0 N–H and O–H groups in total. The summed E-state index contributed by atoms with van der Waals surface area (Å²) in [6.07, 6.45) is 2.06. The van der Waals surface area contributed by atoms with E-state index in [0.717, 1.165) is 32.5 Å². The lowest BCUT2D eigenvalue weighted by molar-refractivity contribution is -0.163. The Labute approximate surface area is 117 Å². The molecule has 0 aromatic rings. The molecule has 2 saturated heterocycles. The van der Waals surface area contributed by atoms with Gasteiger partial charge in [0.1, 0.15) is 6.10 Å². The number of piperidine rings is 1. The van der Waals surface area contributed by atoms with E-state index in [1.165, 1.54) is 0 Å². The Bertz CT molecular complexity index is 330. The summed E-state index contributed by atoms with van der Waals surface area (Å²) >= 11 is 0. The molecule has 1 unspecified atom stereocenters. The van der Waals surface area contributed by atoms with E-state index >= 15 is 0 Å². The number of hydrogen-bond acceptors (Lipinski definition) is 3. The monoisotopic (exact) mass is 268 g/mol. The number of nitrogens with zero attached hydrogens (tertiary/aromatic N) is 2. The van der Waals surface area contributed by atoms with Crippen molar-refractivity contribution in [2.24, 2.45) is 0 Å². The van der Waals surface area contributed by atoms with E-state index in [0.29, 0.717) is 6.04 Å². The summed E-state index contributed by atoms with van der Waals surface area (Å²) in [6.45, 7) is 13.6. The number of morpholine rings is 1. The summed E-state index contributed by atoms with van der Waals surface area (Å²) < 4.78 is 5.59. The Balaban J connectivity index is 1.95. The Morgan fingerprint density at radius 1 is 1.16 bits per heavy atom. The molecule has 19 heavy (non-hydrogen) atoms. The molecule has 0 radical (unpaired) electrons. The average Bonchev–Trinajstić information content (AvgIpc) is 2.33. The van der Waals surface area contributed by atoms with E-state index in [4.69, 9.17) is 4.74 Å². The van der Waals surface area contributed by atoms with Crippen LogP contribution in [0, 0.1) is 0 Å². The average molecular weight is 268 g/mol. The fourth-order valence-electron chi connectivity index (χ4n) is 3.23. The van der Waals surface area contributed by atoms with Crippen LogP contribution in [0.4, 0.5) is 0 Å². The summed E-state index contributed by atoms with van der Waals surface area (Å²) in [4.78, 5) is 16.8. The molecule has 0 bridgehead atoms. The third kappa shape index (κ3) is 3.29. The first-order valence-electron chi connectivity index (χ1n) is 7.50. The number of likely N-dealkylation sites (tertiary alicyclic amines) is 1. The second-order valence-corrected chi connectivity index (χ2v) is 6.97. The molecule has 2 atom stereocenters. The normalized spacial score (nSPS) is 31.8. The van der Waals surface area contributed by atoms with Gasteiger partial charge in [-0.25, -0.2) is 0 Å². The van der Waals surface area contributed by atoms with Crippen molar-refractivity contribution in [3.63, 3.8) is 0 Å². The first-order valence-corrected chi connectivity index (χ1v) is 7.50. The Kier molecular flexibility index (Phi) is 4.21. The molecule has 0 aromatic carbocycles. The van der Waals surface area contributed by atoms with E-state index in [1.54, 1.807) is 0 Å². The summed E-state index contributed by atoms with van der Waals surface area (Å²) in [6, 6.07) is 0.403. The number of ether oxygens (including phenoxy) is 1. The molecule has 2 fully saturated rings. The smallest absolute Gasteiger partial charge is 0.251 e. The SMILES string of the molecule is CC1O[C@@H](C)CN(C2CCN(C(C)(C)C)CC2)C1=O. The van der Waals surface area contributed by atoms with Crippen molar-refractivity contribution in [2.75, 3.05) is 19.6 Å². The maximum atomic E-state index is 12.2. The third-order valence-corrected chi connectivity index (χ3v) is 4.38. The van der Waals surface area contributed by atoms with Gasteiger partial charge in [0.2, 0.25) is 0 Å². The van der Waals surface area contributed by atoms with Crippen LogP contribution in [0.3, 0.4) is 0 Å². The van der Waals surface area contributed by atoms with Crippen LogP contribution in [0.5, 0.6) is 0 Å². The summed E-state index contributed by atoms with van der Waals surface area (Å²) in [5, 5.41) is 0. The quantitative estimate of drug-likeness (QED) is 0.728. The van der Waals surface area contributed by atoms with Gasteiger partial charge < -0.3 is 9.64 Å². The molecule has 4 heteroatoms. The largest absolute Gasteiger partial charge is 0.364 e. The van der Waals surface area contributed by atoms with E-state index in [1.807, 2.05) is 6.92 Å². The molecule has 0 saturated carbocycles. The van der Waals surface area contributed by atoms with Crippen LogP contribution >= 0.6 is 0 Å². The standard InChI is InChI=1S/C15H28N2O2/c1-11-10-17(14(18)12(2)19-11)13-6-8-16(9-7-13)15(3,4)5/h11-13H,6-10H2,1-5H3/t11-,12?/m0/s1. The number of amides is 1. The lowest BCUT2D eigenvalue weighted by Gasteiger charge is -2.46. The molecule has 0 aromatic heterocycles. The van der Waals surface area contributed by atoms with Crippen LogP contribution < -0.4 is 0 Å². The molecular formula is C15H28N2O2. The Morgan fingerprint density at radius 2 is 1.74 bits per heavy atom. The zero-order chi connectivity index (χ0) is 14.2. The maximum Gasteiger partial charge on any atom is 0.251 e. The topological polar surface area (TPSA) is 32.8 Å². The van der Waals surface area contributed by atoms with Crippen molar-refractivity contribution in [2.45, 2.75) is 71.2 Å². The fraction of sp³-hybridized carbons (Fsp3) is 0.933.